The fourth-order valence-electron chi connectivity index (χ4n) is 4.86. The van der Waals surface area contributed by atoms with Gasteiger partial charge in [-0.25, -0.2) is 0 Å². The van der Waals surface area contributed by atoms with Gasteiger partial charge in [0.15, 0.2) is 6.04 Å². The van der Waals surface area contributed by atoms with Crippen LogP contribution in [-0.2, 0) is 19.3 Å². The van der Waals surface area contributed by atoms with E-state index in [-0.39, 0.29) is 17.8 Å². The van der Waals surface area contributed by atoms with E-state index in [4.69, 9.17) is 0 Å². The molecule has 9 heteroatoms. The molecule has 1 atom stereocenters. The minimum atomic E-state index is -4.54. The van der Waals surface area contributed by atoms with Crippen molar-refractivity contribution in [3.8, 4) is 11.8 Å². The number of halogens is 3. The number of azo groups is 1. The predicted octanol–water partition coefficient (Wildman–Crippen LogP) is 6.07. The Bertz CT molecular complexity index is 1500. The number of rotatable bonds is 4. The number of likely N-dealkylation sites (N-methyl/N-ethyl adjacent to an activating group) is 1. The number of fused-ring (bicyclic) bond motifs is 1. The van der Waals surface area contributed by atoms with Gasteiger partial charge in [-0.3, -0.25) is 9.69 Å². The van der Waals surface area contributed by atoms with E-state index in [1.807, 2.05) is 43.1 Å². The molecule has 1 amide bonds. The molecule has 0 radical (unpaired) electrons. The second-order valence-corrected chi connectivity index (χ2v) is 10.2. The first-order valence-electron chi connectivity index (χ1n) is 13.2. The van der Waals surface area contributed by atoms with Gasteiger partial charge in [0.25, 0.3) is 5.91 Å². The van der Waals surface area contributed by atoms with E-state index in [2.05, 4.69) is 32.3 Å². The second kappa shape index (κ2) is 11.6. The highest BCUT2D eigenvalue weighted by Gasteiger charge is 2.34. The Morgan fingerprint density at radius 3 is 2.60 bits per heavy atom. The van der Waals surface area contributed by atoms with Crippen molar-refractivity contribution in [3.63, 3.8) is 0 Å². The molecule has 0 saturated carbocycles. The highest BCUT2D eigenvalue weighted by atomic mass is 19.4. The van der Waals surface area contributed by atoms with E-state index in [1.54, 1.807) is 18.2 Å². The molecule has 0 bridgehead atoms. The van der Waals surface area contributed by atoms with Gasteiger partial charge in [-0.2, -0.15) is 23.4 Å². The Hall–Kier alpha value is -4.00. The molecule has 0 spiro atoms. The van der Waals surface area contributed by atoms with Crippen molar-refractivity contribution in [3.05, 3.63) is 99.6 Å². The zero-order chi connectivity index (χ0) is 28.3. The summed E-state index contributed by atoms with van der Waals surface area (Å²) in [6, 6.07) is 16.5. The van der Waals surface area contributed by atoms with Crippen LogP contribution >= 0.6 is 0 Å². The predicted molar refractivity (Wildman–Crippen MR) is 148 cm³/mol. The lowest BCUT2D eigenvalue weighted by Gasteiger charge is -2.33. The molecule has 1 N–H and O–H groups in total. The summed E-state index contributed by atoms with van der Waals surface area (Å²) in [5.74, 6) is 5.75. The van der Waals surface area contributed by atoms with Gasteiger partial charge in [-0.05, 0) is 60.5 Å². The van der Waals surface area contributed by atoms with Gasteiger partial charge in [0.2, 0.25) is 0 Å². The molecule has 1 unspecified atom stereocenters. The van der Waals surface area contributed by atoms with E-state index in [0.29, 0.717) is 30.8 Å². The van der Waals surface area contributed by atoms with Gasteiger partial charge in [0, 0.05) is 49.5 Å². The number of hydrogen-bond donors (Lipinski definition) is 1. The number of anilines is 1. The lowest BCUT2D eigenvalue weighted by Crippen LogP contribution is -2.44. The number of nitrogens with one attached hydrogen (secondary N) is 1. The molecule has 2 heterocycles. The van der Waals surface area contributed by atoms with E-state index >= 15 is 0 Å². The molecule has 0 aromatic heterocycles. The second-order valence-electron chi connectivity index (χ2n) is 10.2. The van der Waals surface area contributed by atoms with Gasteiger partial charge in [-0.15, -0.1) is 0 Å². The van der Waals surface area contributed by atoms with Crippen LogP contribution in [0.2, 0.25) is 0 Å². The summed E-state index contributed by atoms with van der Waals surface area (Å²) in [4.78, 5) is 17.2. The fraction of sp³-hybridized carbons (Fsp3) is 0.323. The van der Waals surface area contributed by atoms with Crippen molar-refractivity contribution < 1.29 is 18.0 Å². The number of alkyl halides is 3. The lowest BCUT2D eigenvalue weighted by atomic mass is 9.99. The summed E-state index contributed by atoms with van der Waals surface area (Å²) in [5.41, 5.74) is 3.46. The molecular weight excluding hydrogens is 515 g/mol. The van der Waals surface area contributed by atoms with Crippen molar-refractivity contribution in [2.75, 3.05) is 38.5 Å². The van der Waals surface area contributed by atoms with Gasteiger partial charge in [0.1, 0.15) is 0 Å². The topological polar surface area (TPSA) is 60.3 Å². The average Bonchev–Trinajstić information content (AvgIpc) is 2.94. The van der Waals surface area contributed by atoms with E-state index in [9.17, 15) is 18.0 Å². The van der Waals surface area contributed by atoms with Crippen molar-refractivity contribution in [2.24, 2.45) is 10.2 Å². The van der Waals surface area contributed by atoms with Crippen molar-refractivity contribution in [1.82, 2.24) is 9.80 Å². The number of piperazine rings is 1. The Kier molecular flexibility index (Phi) is 8.01. The molecule has 40 heavy (non-hydrogen) atoms. The van der Waals surface area contributed by atoms with Crippen molar-refractivity contribution in [1.29, 1.82) is 0 Å². The van der Waals surface area contributed by atoms with E-state index in [1.165, 1.54) is 12.1 Å². The number of carbonyl (C=O) groups excluding carboxylic acids is 1. The number of hydrogen-bond acceptors (Lipinski definition) is 5. The Labute approximate surface area is 231 Å². The molecule has 3 aromatic rings. The first kappa shape index (κ1) is 27.6. The van der Waals surface area contributed by atoms with Crippen LogP contribution in [0.25, 0.3) is 0 Å². The maximum atomic E-state index is 14.0. The number of aryl methyl sites for hydroxylation is 1. The molecule has 2 aliphatic rings. The zero-order valence-corrected chi connectivity index (χ0v) is 22.4. The summed E-state index contributed by atoms with van der Waals surface area (Å²) >= 11 is 0. The largest absolute Gasteiger partial charge is 0.416 e. The van der Waals surface area contributed by atoms with Gasteiger partial charge in [-0.1, -0.05) is 48.2 Å². The number of nitrogens with zero attached hydrogens (tertiary/aromatic N) is 4. The van der Waals surface area contributed by atoms with Crippen molar-refractivity contribution >= 4 is 11.6 Å². The van der Waals surface area contributed by atoms with Crippen LogP contribution in [0.5, 0.6) is 0 Å². The highest BCUT2D eigenvalue weighted by molar-refractivity contribution is 6.04. The minimum Gasteiger partial charge on any atom is -0.322 e. The molecule has 3 aromatic carbocycles. The molecule has 1 saturated heterocycles. The number of amides is 1. The lowest BCUT2D eigenvalue weighted by molar-refractivity contribution is -0.138. The summed E-state index contributed by atoms with van der Waals surface area (Å²) < 4.78 is 41.9. The van der Waals surface area contributed by atoms with Crippen LogP contribution in [0, 0.1) is 18.8 Å². The maximum Gasteiger partial charge on any atom is 0.416 e. The van der Waals surface area contributed by atoms with E-state index < -0.39 is 23.7 Å². The zero-order valence-electron chi connectivity index (χ0n) is 22.4. The van der Waals surface area contributed by atoms with Gasteiger partial charge >= 0.3 is 6.18 Å². The first-order chi connectivity index (χ1) is 19.2. The monoisotopic (exact) mass is 545 g/mol. The summed E-state index contributed by atoms with van der Waals surface area (Å²) in [7, 11) is 2.00. The van der Waals surface area contributed by atoms with Crippen LogP contribution < -0.4 is 5.32 Å². The van der Waals surface area contributed by atoms with Crippen LogP contribution in [-0.4, -0.2) is 48.9 Å². The Balaban J connectivity index is 1.33. The highest BCUT2D eigenvalue weighted by Crippen LogP contribution is 2.35. The SMILES string of the molecule is Cc1ccc(C(=O)Nc2ccc(CN3CCN(C)CC3)c(C(F)(F)F)c2)cc1C#CC1N=NCc2ccccc21. The summed E-state index contributed by atoms with van der Waals surface area (Å²) in [6.45, 7) is 5.67. The molecule has 5 rings (SSSR count). The summed E-state index contributed by atoms with van der Waals surface area (Å²) in [6.07, 6.45) is -4.54. The van der Waals surface area contributed by atoms with E-state index in [0.717, 1.165) is 35.8 Å². The number of carbonyl (C=O) groups is 1. The van der Waals surface area contributed by atoms with Gasteiger partial charge in [0.05, 0.1) is 12.1 Å². The van der Waals surface area contributed by atoms with Crippen LogP contribution in [0.3, 0.4) is 0 Å². The number of benzene rings is 3. The smallest absolute Gasteiger partial charge is 0.322 e. The molecule has 0 aliphatic carbocycles. The maximum absolute atomic E-state index is 14.0. The average molecular weight is 546 g/mol. The Morgan fingerprint density at radius 2 is 1.82 bits per heavy atom. The molecular formula is C31H30F3N5O. The van der Waals surface area contributed by atoms with Gasteiger partial charge < -0.3 is 10.2 Å². The quantitative estimate of drug-likeness (QED) is 0.405. The Morgan fingerprint density at radius 1 is 1.05 bits per heavy atom. The molecule has 6 nitrogen and oxygen atoms in total. The third-order valence-corrected chi connectivity index (χ3v) is 7.29. The van der Waals surface area contributed by atoms with Crippen molar-refractivity contribution in [2.45, 2.75) is 32.2 Å². The first-order valence-corrected chi connectivity index (χ1v) is 13.2. The fourth-order valence-corrected chi connectivity index (χ4v) is 4.86. The van der Waals surface area contributed by atoms with Crippen LogP contribution in [0.1, 0.15) is 49.8 Å². The standard InChI is InChI=1S/C31H30F3N5O/c1-21-7-8-23(17-22(21)10-12-29-27-6-4-3-5-24(27)19-35-37-29)30(40)36-26-11-9-25(28(18-26)31(32,33)34)20-39-15-13-38(2)14-16-39/h3-9,11,17-18,29H,13-16,19-20H2,1-2H3,(H,36,40). The summed E-state index contributed by atoms with van der Waals surface area (Å²) in [5, 5.41) is 11.1. The molecule has 2 aliphatic heterocycles. The van der Waals surface area contributed by atoms with Crippen LogP contribution in [0.4, 0.5) is 18.9 Å². The third kappa shape index (κ3) is 6.41. The molecule has 1 fully saturated rings. The normalized spacial score (nSPS) is 17.6. The third-order valence-electron chi connectivity index (χ3n) is 7.29. The minimum absolute atomic E-state index is 0.0897. The van der Waals surface area contributed by atoms with Crippen LogP contribution in [0.15, 0.2) is 70.9 Å². The molecule has 206 valence electrons.